The van der Waals surface area contributed by atoms with Crippen molar-refractivity contribution in [3.8, 4) is 0 Å². The third-order valence-electron chi connectivity index (χ3n) is 3.13. The molecule has 0 radical (unpaired) electrons. The zero-order valence-electron chi connectivity index (χ0n) is 11.6. The Morgan fingerprint density at radius 3 is 3.10 bits per heavy atom. The number of nitrogens with zero attached hydrogens (tertiary/aromatic N) is 2. The van der Waals surface area contributed by atoms with Gasteiger partial charge >= 0.3 is 0 Å². The van der Waals surface area contributed by atoms with Gasteiger partial charge in [0.2, 0.25) is 11.1 Å². The van der Waals surface area contributed by atoms with E-state index in [9.17, 15) is 4.79 Å². The van der Waals surface area contributed by atoms with E-state index in [0.29, 0.717) is 16.8 Å². The van der Waals surface area contributed by atoms with Gasteiger partial charge < -0.3 is 5.32 Å². The number of H-pyrrole nitrogens is 1. The van der Waals surface area contributed by atoms with Crippen molar-refractivity contribution in [2.45, 2.75) is 28.8 Å². The van der Waals surface area contributed by atoms with Gasteiger partial charge in [0.1, 0.15) is 5.82 Å². The van der Waals surface area contributed by atoms with Crippen molar-refractivity contribution in [1.82, 2.24) is 15.2 Å². The quantitative estimate of drug-likeness (QED) is 0.800. The minimum absolute atomic E-state index is 0.0453. The smallest absolute Gasteiger partial charge is 0.234 e. The summed E-state index contributed by atoms with van der Waals surface area (Å²) in [4.78, 5) is 17.5. The SMILES string of the molecule is CSc1cccc(NC(=O)CSc2n[nH]c(C3CC3)n2)c1. The van der Waals surface area contributed by atoms with Crippen LogP contribution in [0.3, 0.4) is 0 Å². The lowest BCUT2D eigenvalue weighted by Gasteiger charge is -2.05. The Hall–Kier alpha value is -1.47. The molecule has 3 rings (SSSR count). The molecular weight excluding hydrogens is 304 g/mol. The number of rotatable bonds is 6. The molecule has 0 bridgehead atoms. The molecule has 1 aromatic heterocycles. The zero-order valence-corrected chi connectivity index (χ0v) is 13.3. The zero-order chi connectivity index (χ0) is 14.7. The van der Waals surface area contributed by atoms with Gasteiger partial charge in [-0.1, -0.05) is 17.8 Å². The topological polar surface area (TPSA) is 70.7 Å². The van der Waals surface area contributed by atoms with E-state index in [2.05, 4.69) is 20.5 Å². The second kappa shape index (κ2) is 6.53. The molecule has 5 nitrogen and oxygen atoms in total. The van der Waals surface area contributed by atoms with E-state index < -0.39 is 0 Å². The Bertz CT molecular complexity index is 639. The van der Waals surface area contributed by atoms with E-state index in [-0.39, 0.29) is 5.91 Å². The Balaban J connectivity index is 1.51. The molecule has 1 aliphatic carbocycles. The van der Waals surface area contributed by atoms with E-state index in [1.54, 1.807) is 11.8 Å². The number of thioether (sulfide) groups is 2. The van der Waals surface area contributed by atoms with Gasteiger partial charge in [0.15, 0.2) is 0 Å². The highest BCUT2D eigenvalue weighted by atomic mass is 32.2. The molecule has 1 aliphatic rings. The number of hydrogen-bond acceptors (Lipinski definition) is 5. The second-order valence-electron chi connectivity index (χ2n) is 4.85. The van der Waals surface area contributed by atoms with Crippen LogP contribution in [0.2, 0.25) is 0 Å². The molecule has 1 saturated carbocycles. The molecule has 1 fully saturated rings. The molecular formula is C14H16N4OS2. The van der Waals surface area contributed by atoms with E-state index in [1.807, 2.05) is 30.5 Å². The Labute approximate surface area is 131 Å². The molecule has 0 spiro atoms. The molecule has 21 heavy (non-hydrogen) atoms. The predicted octanol–water partition coefficient (Wildman–Crippen LogP) is 3.13. The molecule has 2 N–H and O–H groups in total. The van der Waals surface area contributed by atoms with Gasteiger partial charge in [-0.05, 0) is 37.3 Å². The van der Waals surface area contributed by atoms with Crippen LogP contribution in [0.4, 0.5) is 5.69 Å². The Kier molecular flexibility index (Phi) is 4.50. The largest absolute Gasteiger partial charge is 0.325 e. The van der Waals surface area contributed by atoms with Gasteiger partial charge in [-0.25, -0.2) is 4.98 Å². The minimum atomic E-state index is -0.0453. The predicted molar refractivity (Wildman–Crippen MR) is 85.9 cm³/mol. The van der Waals surface area contributed by atoms with Crippen molar-refractivity contribution in [1.29, 1.82) is 0 Å². The van der Waals surface area contributed by atoms with Crippen LogP contribution >= 0.6 is 23.5 Å². The summed E-state index contributed by atoms with van der Waals surface area (Å²) in [5.41, 5.74) is 0.820. The summed E-state index contributed by atoms with van der Waals surface area (Å²) in [6.07, 6.45) is 4.38. The maximum Gasteiger partial charge on any atom is 0.234 e. The fourth-order valence-corrected chi connectivity index (χ4v) is 2.95. The highest BCUT2D eigenvalue weighted by Crippen LogP contribution is 2.38. The summed E-state index contributed by atoms with van der Waals surface area (Å²) < 4.78 is 0. The maximum absolute atomic E-state index is 11.9. The number of amides is 1. The number of carbonyl (C=O) groups excluding carboxylic acids is 1. The van der Waals surface area contributed by atoms with Crippen molar-refractivity contribution >= 4 is 35.1 Å². The Morgan fingerprint density at radius 1 is 1.48 bits per heavy atom. The summed E-state index contributed by atoms with van der Waals surface area (Å²) in [7, 11) is 0. The number of carbonyl (C=O) groups is 1. The van der Waals surface area contributed by atoms with Crippen molar-refractivity contribution in [2.75, 3.05) is 17.3 Å². The summed E-state index contributed by atoms with van der Waals surface area (Å²) in [6.45, 7) is 0. The molecule has 1 amide bonds. The van der Waals surface area contributed by atoms with Gasteiger partial charge in [-0.2, -0.15) is 0 Å². The first-order valence-corrected chi connectivity index (χ1v) is 8.94. The minimum Gasteiger partial charge on any atom is -0.325 e. The van der Waals surface area contributed by atoms with E-state index in [1.165, 1.54) is 24.6 Å². The van der Waals surface area contributed by atoms with Crippen LogP contribution in [0.25, 0.3) is 0 Å². The third kappa shape index (κ3) is 4.01. The van der Waals surface area contributed by atoms with Crippen LogP contribution in [0.1, 0.15) is 24.6 Å². The van der Waals surface area contributed by atoms with Crippen LogP contribution in [0.5, 0.6) is 0 Å². The number of aromatic amines is 1. The Morgan fingerprint density at radius 2 is 2.33 bits per heavy atom. The maximum atomic E-state index is 11.9. The highest BCUT2D eigenvalue weighted by molar-refractivity contribution is 7.99. The number of nitrogens with one attached hydrogen (secondary N) is 2. The lowest BCUT2D eigenvalue weighted by Crippen LogP contribution is -2.14. The van der Waals surface area contributed by atoms with Crippen LogP contribution in [-0.4, -0.2) is 33.1 Å². The van der Waals surface area contributed by atoms with Crippen molar-refractivity contribution in [3.63, 3.8) is 0 Å². The van der Waals surface area contributed by atoms with E-state index in [4.69, 9.17) is 0 Å². The summed E-state index contributed by atoms with van der Waals surface area (Å²) in [5.74, 6) is 1.77. The number of aromatic nitrogens is 3. The van der Waals surface area contributed by atoms with Crippen molar-refractivity contribution in [2.24, 2.45) is 0 Å². The highest BCUT2D eigenvalue weighted by Gasteiger charge is 2.27. The molecule has 0 atom stereocenters. The molecule has 7 heteroatoms. The van der Waals surface area contributed by atoms with Crippen LogP contribution in [0, 0.1) is 0 Å². The summed E-state index contributed by atoms with van der Waals surface area (Å²) >= 11 is 3.00. The van der Waals surface area contributed by atoms with Crippen LogP contribution < -0.4 is 5.32 Å². The fraction of sp³-hybridized carbons (Fsp3) is 0.357. The number of anilines is 1. The first-order valence-electron chi connectivity index (χ1n) is 6.73. The van der Waals surface area contributed by atoms with Gasteiger partial charge in [0.05, 0.1) is 5.75 Å². The monoisotopic (exact) mass is 320 g/mol. The molecule has 0 aliphatic heterocycles. The molecule has 1 heterocycles. The molecule has 0 unspecified atom stereocenters. The summed E-state index contributed by atoms with van der Waals surface area (Å²) in [6, 6.07) is 7.80. The van der Waals surface area contributed by atoms with Gasteiger partial charge in [0.25, 0.3) is 0 Å². The normalized spacial score (nSPS) is 14.1. The molecule has 1 aromatic carbocycles. The van der Waals surface area contributed by atoms with Crippen LogP contribution in [-0.2, 0) is 4.79 Å². The standard InChI is InChI=1S/C14H16N4OS2/c1-20-11-4-2-3-10(7-11)15-12(19)8-21-14-16-13(17-18-14)9-5-6-9/h2-4,7,9H,5-6,8H2,1H3,(H,15,19)(H,16,17,18). The first kappa shape index (κ1) is 14.5. The van der Waals surface area contributed by atoms with E-state index in [0.717, 1.165) is 16.4 Å². The van der Waals surface area contributed by atoms with Crippen LogP contribution in [0.15, 0.2) is 34.3 Å². The first-order chi connectivity index (χ1) is 10.2. The van der Waals surface area contributed by atoms with Crippen molar-refractivity contribution < 1.29 is 4.79 Å². The molecule has 0 saturated heterocycles. The number of benzene rings is 1. The average Bonchev–Trinajstić information content (AvgIpc) is 3.24. The average molecular weight is 320 g/mol. The third-order valence-corrected chi connectivity index (χ3v) is 4.70. The van der Waals surface area contributed by atoms with Gasteiger partial charge in [-0.3, -0.25) is 9.89 Å². The molecule has 110 valence electrons. The lowest BCUT2D eigenvalue weighted by molar-refractivity contribution is -0.113. The lowest BCUT2D eigenvalue weighted by atomic mass is 10.3. The molecule has 2 aromatic rings. The number of hydrogen-bond donors (Lipinski definition) is 2. The summed E-state index contributed by atoms with van der Waals surface area (Å²) in [5, 5.41) is 10.6. The van der Waals surface area contributed by atoms with Gasteiger partial charge in [-0.15, -0.1) is 16.9 Å². The second-order valence-corrected chi connectivity index (χ2v) is 6.67. The van der Waals surface area contributed by atoms with Crippen molar-refractivity contribution in [3.05, 3.63) is 30.1 Å². The van der Waals surface area contributed by atoms with E-state index >= 15 is 0 Å². The van der Waals surface area contributed by atoms with Gasteiger partial charge in [0, 0.05) is 16.5 Å². The fourth-order valence-electron chi connectivity index (χ4n) is 1.89.